The lowest BCUT2D eigenvalue weighted by atomic mass is 9.93. The minimum absolute atomic E-state index is 0.00171. The molecule has 1 saturated heterocycles. The molecule has 1 aromatic rings. The second kappa shape index (κ2) is 7.27. The fourth-order valence-corrected chi connectivity index (χ4v) is 3.35. The summed E-state index contributed by atoms with van der Waals surface area (Å²) in [6.45, 7) is 9.51. The maximum atomic E-state index is 12.7. The van der Waals surface area contributed by atoms with Gasteiger partial charge in [-0.3, -0.25) is 9.48 Å². The van der Waals surface area contributed by atoms with Crippen molar-refractivity contribution in [2.24, 2.45) is 5.92 Å². The van der Waals surface area contributed by atoms with Crippen molar-refractivity contribution in [1.82, 2.24) is 14.7 Å². The maximum Gasteiger partial charge on any atom is 0.274 e. The average Bonchev–Trinajstić information content (AvgIpc) is 2.90. The van der Waals surface area contributed by atoms with E-state index in [2.05, 4.69) is 18.9 Å². The first-order valence-corrected chi connectivity index (χ1v) is 8.51. The van der Waals surface area contributed by atoms with Crippen molar-refractivity contribution in [1.29, 1.82) is 0 Å². The van der Waals surface area contributed by atoms with Gasteiger partial charge in [0.25, 0.3) is 5.91 Å². The lowest BCUT2D eigenvalue weighted by Gasteiger charge is -2.33. The van der Waals surface area contributed by atoms with Crippen molar-refractivity contribution in [3.05, 3.63) is 17.5 Å². The first-order valence-electron chi connectivity index (χ1n) is 8.51. The smallest absolute Gasteiger partial charge is 0.274 e. The summed E-state index contributed by atoms with van der Waals surface area (Å²) in [5.74, 6) is 0.179. The number of aryl methyl sites for hydroxylation is 1. The molecule has 2 heterocycles. The van der Waals surface area contributed by atoms with E-state index in [9.17, 15) is 9.90 Å². The first kappa shape index (κ1) is 17.0. The molecule has 22 heavy (non-hydrogen) atoms. The molecule has 1 aromatic heterocycles. The Labute approximate surface area is 133 Å². The van der Waals surface area contributed by atoms with Crippen molar-refractivity contribution in [3.63, 3.8) is 0 Å². The van der Waals surface area contributed by atoms with Gasteiger partial charge in [-0.15, -0.1) is 0 Å². The van der Waals surface area contributed by atoms with Gasteiger partial charge in [-0.1, -0.05) is 13.8 Å². The highest BCUT2D eigenvalue weighted by atomic mass is 16.3. The zero-order valence-corrected chi connectivity index (χ0v) is 14.2. The Hall–Kier alpha value is -1.36. The van der Waals surface area contributed by atoms with Crippen LogP contribution < -0.4 is 0 Å². The van der Waals surface area contributed by atoms with Gasteiger partial charge in [-0.25, -0.2) is 0 Å². The molecule has 2 rings (SSSR count). The lowest BCUT2D eigenvalue weighted by Crippen LogP contribution is -2.43. The number of likely N-dealkylation sites (tertiary alicyclic amines) is 1. The number of aliphatic hydroxyl groups excluding tert-OH is 1. The molecule has 5 nitrogen and oxygen atoms in total. The van der Waals surface area contributed by atoms with Crippen LogP contribution in [0.1, 0.15) is 68.7 Å². The zero-order valence-electron chi connectivity index (χ0n) is 14.2. The van der Waals surface area contributed by atoms with E-state index in [1.807, 2.05) is 29.5 Å². The van der Waals surface area contributed by atoms with Gasteiger partial charge in [0.15, 0.2) is 5.69 Å². The number of aliphatic hydroxyl groups is 1. The van der Waals surface area contributed by atoms with Crippen molar-refractivity contribution >= 4 is 5.91 Å². The Morgan fingerprint density at radius 3 is 2.73 bits per heavy atom. The fourth-order valence-electron chi connectivity index (χ4n) is 3.35. The van der Waals surface area contributed by atoms with Crippen LogP contribution >= 0.6 is 0 Å². The van der Waals surface area contributed by atoms with Crippen LogP contribution in [0.3, 0.4) is 0 Å². The Morgan fingerprint density at radius 2 is 2.14 bits per heavy atom. The average molecular weight is 307 g/mol. The summed E-state index contributed by atoms with van der Waals surface area (Å²) in [7, 11) is 0. The van der Waals surface area contributed by atoms with Crippen LogP contribution in [-0.2, 0) is 0 Å². The van der Waals surface area contributed by atoms with Crippen LogP contribution in [0, 0.1) is 12.8 Å². The molecule has 2 atom stereocenters. The Balaban J connectivity index is 2.14. The molecule has 0 aliphatic carbocycles. The van der Waals surface area contributed by atoms with Crippen molar-refractivity contribution in [2.45, 2.75) is 65.5 Å². The van der Waals surface area contributed by atoms with Gasteiger partial charge >= 0.3 is 0 Å². The molecule has 1 aliphatic heterocycles. The second-order valence-corrected chi connectivity index (χ2v) is 6.48. The van der Waals surface area contributed by atoms with Crippen LogP contribution in [0.4, 0.5) is 0 Å². The van der Waals surface area contributed by atoms with Crippen LogP contribution in [0.2, 0.25) is 0 Å². The molecular weight excluding hydrogens is 278 g/mol. The largest absolute Gasteiger partial charge is 0.393 e. The Morgan fingerprint density at radius 1 is 1.45 bits per heavy atom. The van der Waals surface area contributed by atoms with Crippen molar-refractivity contribution in [3.8, 4) is 0 Å². The van der Waals surface area contributed by atoms with E-state index in [1.165, 1.54) is 0 Å². The van der Waals surface area contributed by atoms with Gasteiger partial charge in [0.2, 0.25) is 0 Å². The van der Waals surface area contributed by atoms with Crippen LogP contribution in [0.25, 0.3) is 0 Å². The van der Waals surface area contributed by atoms with Gasteiger partial charge in [0.05, 0.1) is 12.1 Å². The second-order valence-electron chi connectivity index (χ2n) is 6.48. The molecule has 0 saturated carbocycles. The number of amides is 1. The summed E-state index contributed by atoms with van der Waals surface area (Å²) >= 11 is 0. The van der Waals surface area contributed by atoms with E-state index < -0.39 is 0 Å². The molecular formula is C17H29N3O2. The molecule has 0 bridgehead atoms. The lowest BCUT2D eigenvalue weighted by molar-refractivity contribution is 0.0460. The number of nitrogens with zero attached hydrogens (tertiary/aromatic N) is 3. The summed E-state index contributed by atoms with van der Waals surface area (Å²) in [4.78, 5) is 14.5. The number of piperidine rings is 1. The van der Waals surface area contributed by atoms with E-state index in [-0.39, 0.29) is 17.9 Å². The molecule has 5 heteroatoms. The SMILES string of the molecule is CCC(CC)n1nc(C(=O)N2CCCC(C(C)O)C2)cc1C. The Bertz CT molecular complexity index is 506. The van der Waals surface area contributed by atoms with Gasteiger partial charge in [-0.2, -0.15) is 5.10 Å². The maximum absolute atomic E-state index is 12.7. The predicted molar refractivity (Wildman–Crippen MR) is 86.9 cm³/mol. The number of aromatic nitrogens is 2. The summed E-state index contributed by atoms with van der Waals surface area (Å²) in [6.07, 6.45) is 3.61. The molecule has 1 amide bonds. The van der Waals surface area contributed by atoms with E-state index in [0.29, 0.717) is 18.3 Å². The van der Waals surface area contributed by atoms with Gasteiger partial charge in [-0.05, 0) is 45.6 Å². The molecule has 0 radical (unpaired) electrons. The van der Waals surface area contributed by atoms with E-state index in [4.69, 9.17) is 0 Å². The summed E-state index contributed by atoms with van der Waals surface area (Å²) < 4.78 is 1.99. The minimum atomic E-state index is -0.362. The van der Waals surface area contributed by atoms with Crippen molar-refractivity contribution in [2.75, 3.05) is 13.1 Å². The summed E-state index contributed by atoms with van der Waals surface area (Å²) in [5, 5.41) is 14.3. The molecule has 1 N–H and O–H groups in total. The molecule has 2 unspecified atom stereocenters. The standard InChI is InChI=1S/C17H29N3O2/c1-5-15(6-2)20-12(3)10-16(18-20)17(22)19-9-7-8-14(11-19)13(4)21/h10,13-15,21H,5-9,11H2,1-4H3. The van der Waals surface area contributed by atoms with Gasteiger partial charge < -0.3 is 10.0 Å². The van der Waals surface area contributed by atoms with Crippen molar-refractivity contribution < 1.29 is 9.90 Å². The molecule has 1 aliphatic rings. The molecule has 0 aromatic carbocycles. The summed E-state index contributed by atoms with van der Waals surface area (Å²) in [5.41, 5.74) is 1.58. The third-order valence-electron chi connectivity index (χ3n) is 4.86. The summed E-state index contributed by atoms with van der Waals surface area (Å²) in [6, 6.07) is 2.25. The minimum Gasteiger partial charge on any atom is -0.393 e. The molecule has 1 fully saturated rings. The normalized spacial score (nSPS) is 20.5. The van der Waals surface area contributed by atoms with E-state index in [0.717, 1.165) is 37.9 Å². The first-order chi connectivity index (χ1) is 10.5. The van der Waals surface area contributed by atoms with Gasteiger partial charge in [0, 0.05) is 24.7 Å². The third kappa shape index (κ3) is 3.51. The molecule has 124 valence electrons. The quantitative estimate of drug-likeness (QED) is 0.910. The number of hydrogen-bond acceptors (Lipinski definition) is 3. The van der Waals surface area contributed by atoms with Gasteiger partial charge in [0.1, 0.15) is 0 Å². The van der Waals surface area contributed by atoms with E-state index in [1.54, 1.807) is 0 Å². The highest BCUT2D eigenvalue weighted by molar-refractivity contribution is 5.92. The zero-order chi connectivity index (χ0) is 16.3. The third-order valence-corrected chi connectivity index (χ3v) is 4.86. The number of carbonyl (C=O) groups excluding carboxylic acids is 1. The highest BCUT2D eigenvalue weighted by Crippen LogP contribution is 2.23. The highest BCUT2D eigenvalue weighted by Gasteiger charge is 2.28. The fraction of sp³-hybridized carbons (Fsp3) is 0.765. The number of rotatable bonds is 5. The number of hydrogen-bond donors (Lipinski definition) is 1. The molecule has 0 spiro atoms. The monoisotopic (exact) mass is 307 g/mol. The predicted octanol–water partition coefficient (Wildman–Crippen LogP) is 2.79. The van der Waals surface area contributed by atoms with E-state index >= 15 is 0 Å². The number of carbonyl (C=O) groups is 1. The topological polar surface area (TPSA) is 58.4 Å². The van der Waals surface area contributed by atoms with Crippen LogP contribution in [-0.4, -0.2) is 44.9 Å². The van der Waals surface area contributed by atoms with Crippen LogP contribution in [0.15, 0.2) is 6.07 Å². The van der Waals surface area contributed by atoms with Crippen LogP contribution in [0.5, 0.6) is 0 Å². The Kier molecular flexibility index (Phi) is 5.62.